The lowest BCUT2D eigenvalue weighted by molar-refractivity contribution is -0.118. The van der Waals surface area contributed by atoms with Gasteiger partial charge in [0.1, 0.15) is 0 Å². The summed E-state index contributed by atoms with van der Waals surface area (Å²) < 4.78 is 0. The summed E-state index contributed by atoms with van der Waals surface area (Å²) in [6.07, 6.45) is 19.2. The Morgan fingerprint density at radius 3 is 2.54 bits per heavy atom. The van der Waals surface area contributed by atoms with Gasteiger partial charge in [0.25, 0.3) is 0 Å². The smallest absolute Gasteiger partial charge is 0.216 e. The molecule has 0 aromatic rings. The van der Waals surface area contributed by atoms with E-state index in [9.17, 15) is 4.79 Å². The van der Waals surface area contributed by atoms with Gasteiger partial charge in [0.15, 0.2) is 0 Å². The van der Waals surface area contributed by atoms with Crippen molar-refractivity contribution in [2.45, 2.75) is 125 Å². The predicted molar refractivity (Wildman–Crippen MR) is 148 cm³/mol. The van der Waals surface area contributed by atoms with Crippen LogP contribution in [-0.2, 0) is 4.79 Å². The highest BCUT2D eigenvalue weighted by molar-refractivity contribution is 5.72. The molecule has 35 heavy (non-hydrogen) atoms. The van der Waals surface area contributed by atoms with Crippen LogP contribution < -0.4 is 10.6 Å². The zero-order chi connectivity index (χ0) is 25.2. The van der Waals surface area contributed by atoms with Crippen LogP contribution in [0.2, 0.25) is 0 Å². The molecule has 0 bridgehead atoms. The van der Waals surface area contributed by atoms with Crippen molar-refractivity contribution in [3.05, 3.63) is 11.6 Å². The molecule has 0 spiro atoms. The molecule has 0 saturated heterocycles. The van der Waals surface area contributed by atoms with Crippen molar-refractivity contribution < 1.29 is 4.79 Å². The SMILES string of the molecule is CC(=O)NCCCN[C@H]1CCC2(C)C(=CC[C@@H]3C2CCC2(C)C([C@H](C)CCCC(C)C)CC[C@@H]32)C1. The van der Waals surface area contributed by atoms with Crippen molar-refractivity contribution in [3.63, 3.8) is 0 Å². The largest absolute Gasteiger partial charge is 0.356 e. The molecule has 8 atom stereocenters. The van der Waals surface area contributed by atoms with Crippen LogP contribution in [0.4, 0.5) is 0 Å². The van der Waals surface area contributed by atoms with Gasteiger partial charge in [-0.15, -0.1) is 0 Å². The second-order valence-corrected chi connectivity index (χ2v) is 14.0. The zero-order valence-corrected chi connectivity index (χ0v) is 23.9. The lowest BCUT2D eigenvalue weighted by atomic mass is 9.47. The third-order valence-corrected chi connectivity index (χ3v) is 11.5. The average molecular weight is 485 g/mol. The van der Waals surface area contributed by atoms with E-state index in [0.717, 1.165) is 55.0 Å². The molecule has 0 aromatic carbocycles. The van der Waals surface area contributed by atoms with Crippen LogP contribution in [0.25, 0.3) is 0 Å². The first kappa shape index (κ1) is 27.2. The van der Waals surface area contributed by atoms with Gasteiger partial charge in [-0.25, -0.2) is 0 Å². The molecule has 0 aliphatic heterocycles. The van der Waals surface area contributed by atoms with Crippen LogP contribution in [0.3, 0.4) is 0 Å². The van der Waals surface area contributed by atoms with Crippen LogP contribution in [0.1, 0.15) is 119 Å². The van der Waals surface area contributed by atoms with Crippen molar-refractivity contribution in [2.24, 2.45) is 46.3 Å². The summed E-state index contributed by atoms with van der Waals surface area (Å²) in [5.41, 5.74) is 2.82. The third-order valence-electron chi connectivity index (χ3n) is 11.5. The number of nitrogens with one attached hydrogen (secondary N) is 2. The number of hydrogen-bond donors (Lipinski definition) is 2. The first-order valence-corrected chi connectivity index (χ1v) is 15.3. The number of hydrogen-bond acceptors (Lipinski definition) is 2. The molecule has 4 aliphatic carbocycles. The minimum Gasteiger partial charge on any atom is -0.356 e. The summed E-state index contributed by atoms with van der Waals surface area (Å²) in [4.78, 5) is 11.1. The second-order valence-electron chi connectivity index (χ2n) is 14.0. The van der Waals surface area contributed by atoms with Gasteiger partial charge in [-0.05, 0) is 111 Å². The van der Waals surface area contributed by atoms with Gasteiger partial charge in [0.05, 0.1) is 0 Å². The van der Waals surface area contributed by atoms with E-state index in [1.807, 2.05) is 0 Å². The molecule has 4 rings (SSSR count). The summed E-state index contributed by atoms with van der Waals surface area (Å²) >= 11 is 0. The predicted octanol–water partition coefficient (Wildman–Crippen LogP) is 7.51. The Labute approximate surface area is 217 Å². The normalized spacial score (nSPS) is 39.4. The molecule has 1 amide bonds. The summed E-state index contributed by atoms with van der Waals surface area (Å²) in [5.74, 6) is 5.58. The lowest BCUT2D eigenvalue weighted by Crippen LogP contribution is -2.51. The molecule has 200 valence electrons. The molecule has 4 unspecified atom stereocenters. The van der Waals surface area contributed by atoms with Crippen LogP contribution in [0.15, 0.2) is 11.6 Å². The van der Waals surface area contributed by atoms with Gasteiger partial charge in [-0.1, -0.05) is 65.5 Å². The number of rotatable bonds is 10. The van der Waals surface area contributed by atoms with Crippen LogP contribution >= 0.6 is 0 Å². The number of fused-ring (bicyclic) bond motifs is 5. The first-order valence-electron chi connectivity index (χ1n) is 15.3. The highest BCUT2D eigenvalue weighted by Crippen LogP contribution is 2.67. The van der Waals surface area contributed by atoms with E-state index < -0.39 is 0 Å². The van der Waals surface area contributed by atoms with E-state index in [1.165, 1.54) is 70.6 Å². The summed E-state index contributed by atoms with van der Waals surface area (Å²) in [5, 5.41) is 6.73. The maximum Gasteiger partial charge on any atom is 0.216 e. The van der Waals surface area contributed by atoms with Gasteiger partial charge in [-0.2, -0.15) is 0 Å². The van der Waals surface area contributed by atoms with E-state index in [2.05, 4.69) is 51.3 Å². The maximum atomic E-state index is 11.1. The Hall–Kier alpha value is -0.830. The van der Waals surface area contributed by atoms with Crippen molar-refractivity contribution in [1.29, 1.82) is 0 Å². The van der Waals surface area contributed by atoms with Gasteiger partial charge in [0, 0.05) is 19.5 Å². The van der Waals surface area contributed by atoms with Crippen LogP contribution in [0, 0.1) is 46.3 Å². The minimum absolute atomic E-state index is 0.0816. The maximum absolute atomic E-state index is 11.1. The molecule has 4 aliphatic rings. The Morgan fingerprint density at radius 1 is 1.00 bits per heavy atom. The summed E-state index contributed by atoms with van der Waals surface area (Å²) in [6, 6.07) is 0.625. The number of amides is 1. The minimum atomic E-state index is 0.0816. The van der Waals surface area contributed by atoms with Crippen molar-refractivity contribution in [2.75, 3.05) is 13.1 Å². The molecule has 3 nitrogen and oxygen atoms in total. The fraction of sp³-hybridized carbons (Fsp3) is 0.906. The number of allylic oxidation sites excluding steroid dienone is 1. The topological polar surface area (TPSA) is 41.1 Å². The molecule has 3 heteroatoms. The van der Waals surface area contributed by atoms with Gasteiger partial charge in [-0.3, -0.25) is 4.79 Å². The average Bonchev–Trinajstić information content (AvgIpc) is 3.15. The van der Waals surface area contributed by atoms with Gasteiger partial charge < -0.3 is 10.6 Å². The van der Waals surface area contributed by atoms with Crippen LogP contribution in [-0.4, -0.2) is 25.0 Å². The van der Waals surface area contributed by atoms with Crippen molar-refractivity contribution >= 4 is 5.91 Å². The Balaban J connectivity index is 1.36. The first-order chi connectivity index (χ1) is 16.6. The van der Waals surface area contributed by atoms with E-state index in [4.69, 9.17) is 0 Å². The molecule has 0 radical (unpaired) electrons. The van der Waals surface area contributed by atoms with E-state index in [-0.39, 0.29) is 5.91 Å². The van der Waals surface area contributed by atoms with Gasteiger partial charge in [0.2, 0.25) is 5.91 Å². The van der Waals surface area contributed by atoms with E-state index in [1.54, 1.807) is 12.5 Å². The third kappa shape index (κ3) is 5.70. The summed E-state index contributed by atoms with van der Waals surface area (Å²) in [7, 11) is 0. The molecule has 0 aromatic heterocycles. The Morgan fingerprint density at radius 2 is 1.80 bits per heavy atom. The highest BCUT2D eigenvalue weighted by atomic mass is 16.1. The fourth-order valence-electron chi connectivity index (χ4n) is 9.52. The Bertz CT molecular complexity index is 759. The van der Waals surface area contributed by atoms with Crippen LogP contribution in [0.5, 0.6) is 0 Å². The fourth-order valence-corrected chi connectivity index (χ4v) is 9.52. The van der Waals surface area contributed by atoms with E-state index >= 15 is 0 Å². The lowest BCUT2D eigenvalue weighted by Gasteiger charge is -2.58. The summed E-state index contributed by atoms with van der Waals surface area (Å²) in [6.45, 7) is 16.1. The molecule has 3 saturated carbocycles. The zero-order valence-electron chi connectivity index (χ0n) is 23.9. The number of carbonyl (C=O) groups is 1. The van der Waals surface area contributed by atoms with E-state index in [0.29, 0.717) is 16.9 Å². The molecule has 0 heterocycles. The molecular weight excluding hydrogens is 428 g/mol. The highest BCUT2D eigenvalue weighted by Gasteiger charge is 2.59. The second kappa shape index (κ2) is 11.3. The van der Waals surface area contributed by atoms with Gasteiger partial charge >= 0.3 is 0 Å². The van der Waals surface area contributed by atoms with Crippen molar-refractivity contribution in [3.8, 4) is 0 Å². The standard InChI is InChI=1S/C32H56N2O/c1-22(2)9-7-10-23(3)28-13-14-29-27-12-11-25-21-26(34-20-8-19-33-24(4)35)15-17-31(25,5)30(27)16-18-32(28,29)6/h11,22-23,26-30,34H,7-10,12-21H2,1-6H3,(H,33,35)/t23-,26+,27+,28?,29+,30?,31?,32?/m1/s1. The monoisotopic (exact) mass is 484 g/mol. The molecule has 3 fully saturated rings. The van der Waals surface area contributed by atoms with Crippen molar-refractivity contribution in [1.82, 2.24) is 10.6 Å². The molecular formula is C32H56N2O. The Kier molecular flexibility index (Phi) is 8.77. The quantitative estimate of drug-likeness (QED) is 0.249. The molecule has 2 N–H and O–H groups in total. The number of carbonyl (C=O) groups excluding carboxylic acids is 1.